The number of nitrogens with one attached hydrogen (secondary N) is 1. The maximum absolute atomic E-state index is 13.0. The Bertz CT molecular complexity index is 365. The molecule has 2 amide bonds. The zero-order chi connectivity index (χ0) is 16.6. The normalized spacial score (nSPS) is 20.9. The van der Waals surface area contributed by atoms with E-state index >= 15 is 0 Å². The molecule has 0 spiro atoms. The fourth-order valence-electron chi connectivity index (χ4n) is 3.29. The lowest BCUT2D eigenvalue weighted by Gasteiger charge is -2.34. The highest BCUT2D eigenvalue weighted by atomic mass is 16.2. The van der Waals surface area contributed by atoms with E-state index in [-0.39, 0.29) is 11.8 Å². The zero-order valence-electron chi connectivity index (χ0n) is 14.8. The highest BCUT2D eigenvalue weighted by Gasteiger charge is 2.45. The molecule has 1 unspecified atom stereocenters. The Morgan fingerprint density at radius 3 is 2.05 bits per heavy atom. The Labute approximate surface area is 135 Å². The molecule has 22 heavy (non-hydrogen) atoms. The Hall–Kier alpha value is -1.10. The first-order valence-electron chi connectivity index (χ1n) is 8.82. The Kier molecular flexibility index (Phi) is 7.87. The average Bonchev–Trinajstić information content (AvgIpc) is 2.99. The Balaban J connectivity index is 2.86. The SMILES string of the molecule is CCCN(CC)C(=O)CC1(C(=O)N(CC)CCC)CCNC1. The molecular weight excluding hydrogens is 278 g/mol. The monoisotopic (exact) mass is 311 g/mol. The van der Waals surface area contributed by atoms with Gasteiger partial charge in [0.1, 0.15) is 0 Å². The molecule has 5 heteroatoms. The molecule has 1 aliphatic heterocycles. The Morgan fingerprint density at radius 1 is 1.00 bits per heavy atom. The predicted octanol–water partition coefficient (Wildman–Crippen LogP) is 1.87. The van der Waals surface area contributed by atoms with Crippen molar-refractivity contribution in [1.82, 2.24) is 15.1 Å². The van der Waals surface area contributed by atoms with Gasteiger partial charge in [-0.3, -0.25) is 9.59 Å². The number of carbonyl (C=O) groups is 2. The van der Waals surface area contributed by atoms with E-state index in [1.165, 1.54) is 0 Å². The van der Waals surface area contributed by atoms with Crippen LogP contribution in [0.2, 0.25) is 0 Å². The van der Waals surface area contributed by atoms with E-state index < -0.39 is 5.41 Å². The number of rotatable bonds is 9. The third-order valence-corrected chi connectivity index (χ3v) is 4.58. The topological polar surface area (TPSA) is 52.7 Å². The minimum absolute atomic E-state index is 0.119. The molecule has 0 aliphatic carbocycles. The first-order chi connectivity index (χ1) is 10.5. The van der Waals surface area contributed by atoms with Gasteiger partial charge in [0.05, 0.1) is 5.41 Å². The van der Waals surface area contributed by atoms with E-state index in [2.05, 4.69) is 19.2 Å². The van der Waals surface area contributed by atoms with E-state index in [1.807, 2.05) is 23.6 Å². The molecule has 0 aromatic carbocycles. The fraction of sp³-hybridized carbons (Fsp3) is 0.882. The second-order valence-corrected chi connectivity index (χ2v) is 6.24. The van der Waals surface area contributed by atoms with Crippen LogP contribution in [0, 0.1) is 5.41 Å². The van der Waals surface area contributed by atoms with Crippen LogP contribution in [0.3, 0.4) is 0 Å². The first-order valence-corrected chi connectivity index (χ1v) is 8.82. The van der Waals surface area contributed by atoms with Crippen LogP contribution in [0.15, 0.2) is 0 Å². The largest absolute Gasteiger partial charge is 0.343 e. The fourth-order valence-corrected chi connectivity index (χ4v) is 3.29. The first kappa shape index (κ1) is 18.9. The van der Waals surface area contributed by atoms with E-state index in [0.29, 0.717) is 13.0 Å². The van der Waals surface area contributed by atoms with Crippen LogP contribution < -0.4 is 5.32 Å². The summed E-state index contributed by atoms with van der Waals surface area (Å²) in [5.41, 5.74) is -0.538. The maximum Gasteiger partial charge on any atom is 0.230 e. The summed E-state index contributed by atoms with van der Waals surface area (Å²) in [6.45, 7) is 12.6. The van der Waals surface area contributed by atoms with Crippen LogP contribution in [-0.2, 0) is 9.59 Å². The number of carbonyl (C=O) groups excluding carboxylic acids is 2. The van der Waals surface area contributed by atoms with Gasteiger partial charge in [-0.2, -0.15) is 0 Å². The van der Waals surface area contributed by atoms with Crippen LogP contribution in [-0.4, -0.2) is 60.9 Å². The van der Waals surface area contributed by atoms with Gasteiger partial charge in [-0.05, 0) is 39.7 Å². The van der Waals surface area contributed by atoms with Gasteiger partial charge >= 0.3 is 0 Å². The lowest BCUT2D eigenvalue weighted by molar-refractivity contribution is -0.147. The molecule has 0 aromatic rings. The van der Waals surface area contributed by atoms with Crippen molar-refractivity contribution in [1.29, 1.82) is 0 Å². The van der Waals surface area contributed by atoms with Crippen molar-refractivity contribution in [2.45, 2.75) is 53.4 Å². The van der Waals surface area contributed by atoms with Gasteiger partial charge in [0, 0.05) is 39.1 Å². The third-order valence-electron chi connectivity index (χ3n) is 4.58. The van der Waals surface area contributed by atoms with Crippen LogP contribution in [0.1, 0.15) is 53.4 Å². The van der Waals surface area contributed by atoms with E-state index in [1.54, 1.807) is 0 Å². The molecule has 0 aromatic heterocycles. The van der Waals surface area contributed by atoms with Crippen molar-refractivity contribution in [3.8, 4) is 0 Å². The lowest BCUT2D eigenvalue weighted by Crippen LogP contribution is -2.48. The minimum Gasteiger partial charge on any atom is -0.343 e. The van der Waals surface area contributed by atoms with Crippen molar-refractivity contribution in [3.63, 3.8) is 0 Å². The zero-order valence-corrected chi connectivity index (χ0v) is 14.8. The molecular formula is C17H33N3O2. The summed E-state index contributed by atoms with van der Waals surface area (Å²) < 4.78 is 0. The summed E-state index contributed by atoms with van der Waals surface area (Å²) in [5.74, 6) is 0.275. The van der Waals surface area contributed by atoms with Gasteiger partial charge in [-0.1, -0.05) is 13.8 Å². The summed E-state index contributed by atoms with van der Waals surface area (Å²) in [6, 6.07) is 0. The second kappa shape index (κ2) is 9.13. The van der Waals surface area contributed by atoms with Crippen LogP contribution in [0.4, 0.5) is 0 Å². The summed E-state index contributed by atoms with van der Waals surface area (Å²) in [6.07, 6.45) is 3.01. The van der Waals surface area contributed by atoms with Gasteiger partial charge in [-0.15, -0.1) is 0 Å². The number of nitrogens with zero attached hydrogens (tertiary/aromatic N) is 2. The summed E-state index contributed by atoms with van der Waals surface area (Å²) in [5, 5.41) is 3.29. The van der Waals surface area contributed by atoms with Crippen molar-refractivity contribution in [3.05, 3.63) is 0 Å². The highest BCUT2D eigenvalue weighted by Crippen LogP contribution is 2.33. The molecule has 0 radical (unpaired) electrons. The molecule has 1 aliphatic rings. The number of amides is 2. The van der Waals surface area contributed by atoms with E-state index in [4.69, 9.17) is 0 Å². The van der Waals surface area contributed by atoms with Crippen molar-refractivity contribution in [2.24, 2.45) is 5.41 Å². The molecule has 1 atom stereocenters. The average molecular weight is 311 g/mol. The molecule has 1 rings (SSSR count). The minimum atomic E-state index is -0.538. The molecule has 1 saturated heterocycles. The number of hydrogen-bond acceptors (Lipinski definition) is 3. The van der Waals surface area contributed by atoms with Gasteiger partial charge in [0.2, 0.25) is 11.8 Å². The second-order valence-electron chi connectivity index (χ2n) is 6.24. The van der Waals surface area contributed by atoms with Gasteiger partial charge in [0.25, 0.3) is 0 Å². The van der Waals surface area contributed by atoms with Crippen LogP contribution in [0.5, 0.6) is 0 Å². The van der Waals surface area contributed by atoms with E-state index in [0.717, 1.165) is 52.0 Å². The summed E-state index contributed by atoms with van der Waals surface area (Å²) >= 11 is 0. The molecule has 0 saturated carbocycles. The maximum atomic E-state index is 13.0. The highest BCUT2D eigenvalue weighted by molar-refractivity contribution is 5.89. The van der Waals surface area contributed by atoms with Gasteiger partial charge < -0.3 is 15.1 Å². The van der Waals surface area contributed by atoms with Gasteiger partial charge in [0.15, 0.2) is 0 Å². The molecule has 1 fully saturated rings. The summed E-state index contributed by atoms with van der Waals surface area (Å²) in [4.78, 5) is 29.4. The molecule has 1 heterocycles. The molecule has 0 bridgehead atoms. The third kappa shape index (κ3) is 4.45. The van der Waals surface area contributed by atoms with Crippen molar-refractivity contribution >= 4 is 11.8 Å². The van der Waals surface area contributed by atoms with Crippen molar-refractivity contribution in [2.75, 3.05) is 39.3 Å². The standard InChI is InChI=1S/C17H33N3O2/c1-5-11-19(7-3)15(21)13-17(9-10-18-14-17)16(22)20(8-4)12-6-2/h18H,5-14H2,1-4H3. The molecule has 1 N–H and O–H groups in total. The Morgan fingerprint density at radius 2 is 1.59 bits per heavy atom. The van der Waals surface area contributed by atoms with Crippen molar-refractivity contribution < 1.29 is 9.59 Å². The van der Waals surface area contributed by atoms with Gasteiger partial charge in [-0.25, -0.2) is 0 Å². The van der Waals surface area contributed by atoms with Crippen LogP contribution in [0.25, 0.3) is 0 Å². The lowest BCUT2D eigenvalue weighted by atomic mass is 9.81. The van der Waals surface area contributed by atoms with Crippen LogP contribution >= 0.6 is 0 Å². The summed E-state index contributed by atoms with van der Waals surface area (Å²) in [7, 11) is 0. The smallest absolute Gasteiger partial charge is 0.230 e. The predicted molar refractivity (Wildman–Crippen MR) is 89.6 cm³/mol. The quantitative estimate of drug-likeness (QED) is 0.707. The van der Waals surface area contributed by atoms with E-state index in [9.17, 15) is 9.59 Å². The number of hydrogen-bond donors (Lipinski definition) is 1. The molecule has 128 valence electrons. The molecule has 5 nitrogen and oxygen atoms in total.